The monoisotopic (exact) mass is 169 g/mol. The topological polar surface area (TPSA) is 3.24 Å². The Morgan fingerprint density at radius 3 is 2.00 bits per heavy atom. The smallest absolute Gasteiger partial charge is 0.0194 e. The van der Waals surface area contributed by atoms with Crippen LogP contribution in [0.1, 0.15) is 34.6 Å². The lowest BCUT2D eigenvalue weighted by molar-refractivity contribution is 0.286. The Balaban J connectivity index is 4.12. The van der Waals surface area contributed by atoms with Crippen LogP contribution in [0, 0.1) is 11.3 Å². The minimum Gasteiger partial charge on any atom is -0.378 e. The second-order valence-electron chi connectivity index (χ2n) is 4.97. The van der Waals surface area contributed by atoms with Crippen molar-refractivity contribution < 1.29 is 0 Å². The van der Waals surface area contributed by atoms with Crippen LogP contribution in [0.3, 0.4) is 0 Å². The summed E-state index contributed by atoms with van der Waals surface area (Å²) in [5.41, 5.74) is 1.42. The zero-order chi connectivity index (χ0) is 9.94. The first kappa shape index (κ1) is 11.5. The van der Waals surface area contributed by atoms with Crippen LogP contribution in [0.2, 0.25) is 0 Å². The van der Waals surface area contributed by atoms with Crippen molar-refractivity contribution in [3.05, 3.63) is 12.3 Å². The van der Waals surface area contributed by atoms with E-state index in [1.54, 1.807) is 0 Å². The molecule has 0 N–H and O–H groups in total. The molecule has 0 atom stereocenters. The first-order chi connectivity index (χ1) is 5.25. The zero-order valence-electron chi connectivity index (χ0n) is 9.44. The molecule has 0 fully saturated rings. The number of rotatable bonds is 3. The van der Waals surface area contributed by atoms with Crippen LogP contribution >= 0.6 is 0 Å². The molecule has 0 unspecified atom stereocenters. The van der Waals surface area contributed by atoms with Crippen molar-refractivity contribution >= 4 is 0 Å². The third-order valence-electron chi connectivity index (χ3n) is 1.97. The molecule has 0 heterocycles. The molecule has 0 aliphatic heterocycles. The third kappa shape index (κ3) is 3.80. The Morgan fingerprint density at radius 2 is 1.75 bits per heavy atom. The first-order valence-electron chi connectivity index (χ1n) is 4.65. The molecule has 72 valence electrons. The maximum Gasteiger partial charge on any atom is 0.0194 e. The van der Waals surface area contributed by atoms with E-state index in [1.165, 1.54) is 5.70 Å². The Hall–Kier alpha value is -0.460. The van der Waals surface area contributed by atoms with Crippen molar-refractivity contribution in [2.45, 2.75) is 34.6 Å². The quantitative estimate of drug-likeness (QED) is 0.627. The molecule has 0 rings (SSSR count). The highest BCUT2D eigenvalue weighted by Crippen LogP contribution is 2.25. The fourth-order valence-electron chi connectivity index (χ4n) is 1.23. The van der Waals surface area contributed by atoms with Crippen molar-refractivity contribution in [1.29, 1.82) is 0 Å². The van der Waals surface area contributed by atoms with Crippen molar-refractivity contribution in [2.75, 3.05) is 13.6 Å². The summed E-state index contributed by atoms with van der Waals surface area (Å²) in [4.78, 5) is 2.25. The molecule has 0 aliphatic carbocycles. The Morgan fingerprint density at radius 1 is 1.33 bits per heavy atom. The van der Waals surface area contributed by atoms with Gasteiger partial charge in [-0.3, -0.25) is 0 Å². The van der Waals surface area contributed by atoms with Gasteiger partial charge in [0.15, 0.2) is 0 Å². The third-order valence-corrected chi connectivity index (χ3v) is 1.97. The van der Waals surface area contributed by atoms with Crippen LogP contribution in [-0.4, -0.2) is 18.5 Å². The SMILES string of the molecule is C=C(N(C)CC(C)C)C(C)(C)C. The van der Waals surface area contributed by atoms with Gasteiger partial charge in [-0.05, 0) is 5.92 Å². The van der Waals surface area contributed by atoms with Gasteiger partial charge in [-0.15, -0.1) is 0 Å². The van der Waals surface area contributed by atoms with Crippen LogP contribution < -0.4 is 0 Å². The van der Waals surface area contributed by atoms with Crippen LogP contribution in [-0.2, 0) is 0 Å². The van der Waals surface area contributed by atoms with E-state index >= 15 is 0 Å². The van der Waals surface area contributed by atoms with E-state index in [-0.39, 0.29) is 5.41 Å². The summed E-state index contributed by atoms with van der Waals surface area (Å²) in [6, 6.07) is 0. The van der Waals surface area contributed by atoms with E-state index in [9.17, 15) is 0 Å². The van der Waals surface area contributed by atoms with E-state index in [4.69, 9.17) is 0 Å². The molecule has 0 spiro atoms. The number of allylic oxidation sites excluding steroid dienone is 1. The second-order valence-corrected chi connectivity index (χ2v) is 4.97. The van der Waals surface area contributed by atoms with E-state index in [2.05, 4.69) is 53.1 Å². The highest BCUT2D eigenvalue weighted by atomic mass is 15.1. The molecule has 0 amide bonds. The molecule has 1 nitrogen and oxygen atoms in total. The van der Waals surface area contributed by atoms with E-state index in [1.807, 2.05) is 0 Å². The van der Waals surface area contributed by atoms with Crippen molar-refractivity contribution in [3.8, 4) is 0 Å². The molecule has 0 aromatic heterocycles. The van der Waals surface area contributed by atoms with Gasteiger partial charge in [0.05, 0.1) is 0 Å². The highest BCUT2D eigenvalue weighted by molar-refractivity contribution is 5.03. The molecule has 0 aliphatic rings. The van der Waals surface area contributed by atoms with E-state index in [0.29, 0.717) is 5.92 Å². The Kier molecular flexibility index (Phi) is 3.82. The predicted octanol–water partition coefficient (Wildman–Crippen LogP) is 3.13. The lowest BCUT2D eigenvalue weighted by Gasteiger charge is -2.32. The van der Waals surface area contributed by atoms with Gasteiger partial charge in [-0.2, -0.15) is 0 Å². The van der Waals surface area contributed by atoms with Gasteiger partial charge in [0.25, 0.3) is 0 Å². The summed E-state index contributed by atoms with van der Waals surface area (Å²) in [6.45, 7) is 16.3. The molecule has 1 heteroatoms. The molecule has 12 heavy (non-hydrogen) atoms. The van der Waals surface area contributed by atoms with Crippen LogP contribution in [0.25, 0.3) is 0 Å². The zero-order valence-corrected chi connectivity index (χ0v) is 9.44. The summed E-state index contributed by atoms with van der Waals surface area (Å²) in [5.74, 6) is 0.703. The molecule has 0 aromatic rings. The molecule has 0 saturated heterocycles. The van der Waals surface area contributed by atoms with Gasteiger partial charge < -0.3 is 4.90 Å². The minimum atomic E-state index is 0.198. The van der Waals surface area contributed by atoms with Crippen LogP contribution in [0.4, 0.5) is 0 Å². The predicted molar refractivity (Wildman–Crippen MR) is 56.1 cm³/mol. The van der Waals surface area contributed by atoms with Crippen molar-refractivity contribution in [1.82, 2.24) is 4.90 Å². The maximum atomic E-state index is 4.10. The Bertz CT molecular complexity index is 151. The largest absolute Gasteiger partial charge is 0.378 e. The number of hydrogen-bond acceptors (Lipinski definition) is 1. The first-order valence-corrected chi connectivity index (χ1v) is 4.65. The van der Waals surface area contributed by atoms with Crippen molar-refractivity contribution in [2.24, 2.45) is 11.3 Å². The molecular weight excluding hydrogens is 146 g/mol. The summed E-state index contributed by atoms with van der Waals surface area (Å²) in [6.07, 6.45) is 0. The molecule has 0 radical (unpaired) electrons. The van der Waals surface area contributed by atoms with Gasteiger partial charge in [0, 0.05) is 24.7 Å². The van der Waals surface area contributed by atoms with Gasteiger partial charge in [-0.25, -0.2) is 0 Å². The fourth-order valence-corrected chi connectivity index (χ4v) is 1.23. The molecule has 0 bridgehead atoms. The molecule has 0 saturated carbocycles. The molecular formula is C11H23N. The summed E-state index contributed by atoms with van der Waals surface area (Å²) < 4.78 is 0. The molecule has 0 aromatic carbocycles. The Labute approximate surface area is 77.5 Å². The van der Waals surface area contributed by atoms with E-state index in [0.717, 1.165) is 6.54 Å². The normalized spacial score (nSPS) is 11.9. The fraction of sp³-hybridized carbons (Fsp3) is 0.818. The van der Waals surface area contributed by atoms with Gasteiger partial charge in [0.2, 0.25) is 0 Å². The van der Waals surface area contributed by atoms with Crippen LogP contribution in [0.15, 0.2) is 12.3 Å². The maximum absolute atomic E-state index is 4.10. The summed E-state index contributed by atoms with van der Waals surface area (Å²) >= 11 is 0. The van der Waals surface area contributed by atoms with E-state index < -0.39 is 0 Å². The lowest BCUT2D eigenvalue weighted by atomic mass is 9.92. The van der Waals surface area contributed by atoms with Gasteiger partial charge in [-0.1, -0.05) is 41.2 Å². The average molecular weight is 169 g/mol. The average Bonchev–Trinajstić information content (AvgIpc) is 1.82. The van der Waals surface area contributed by atoms with Gasteiger partial charge in [0.1, 0.15) is 0 Å². The summed E-state index contributed by atoms with van der Waals surface area (Å²) in [7, 11) is 2.12. The number of nitrogens with zero attached hydrogens (tertiary/aromatic N) is 1. The highest BCUT2D eigenvalue weighted by Gasteiger charge is 2.18. The number of hydrogen-bond donors (Lipinski definition) is 0. The lowest BCUT2D eigenvalue weighted by Crippen LogP contribution is -2.29. The standard InChI is InChI=1S/C11H23N/c1-9(2)8-12(7)10(3)11(4,5)6/h9H,3,8H2,1-2,4-7H3. The summed E-state index contributed by atoms with van der Waals surface area (Å²) in [5, 5.41) is 0. The van der Waals surface area contributed by atoms with Crippen LogP contribution in [0.5, 0.6) is 0 Å². The minimum absolute atomic E-state index is 0.198. The van der Waals surface area contributed by atoms with Gasteiger partial charge >= 0.3 is 0 Å². The second kappa shape index (κ2) is 3.97. The van der Waals surface area contributed by atoms with Crippen molar-refractivity contribution in [3.63, 3.8) is 0 Å².